The number of carbonyl (C=O) groups excluding carboxylic acids is 1. The molecule has 0 fully saturated rings. The third kappa shape index (κ3) is 3.80. The van der Waals surface area contributed by atoms with Gasteiger partial charge in [-0.05, 0) is 30.4 Å². The molecule has 100 valence electrons. The van der Waals surface area contributed by atoms with Crippen LogP contribution in [0.4, 0.5) is 0 Å². The van der Waals surface area contributed by atoms with Crippen LogP contribution in [-0.2, 0) is 17.8 Å². The van der Waals surface area contributed by atoms with Gasteiger partial charge in [-0.2, -0.15) is 5.26 Å². The van der Waals surface area contributed by atoms with Gasteiger partial charge < -0.3 is 10.6 Å². The summed E-state index contributed by atoms with van der Waals surface area (Å²) in [6.07, 6.45) is 3.02. The number of amides is 1. The first-order valence-electron chi connectivity index (χ1n) is 6.76. The lowest BCUT2D eigenvalue weighted by Crippen LogP contribution is -2.47. The summed E-state index contributed by atoms with van der Waals surface area (Å²) >= 11 is 0. The van der Waals surface area contributed by atoms with Crippen LogP contribution in [0.3, 0.4) is 0 Å². The van der Waals surface area contributed by atoms with E-state index in [1.807, 2.05) is 12.1 Å². The maximum absolute atomic E-state index is 12.0. The molecule has 0 aliphatic carbocycles. The maximum Gasteiger partial charge on any atom is 0.237 e. The molecule has 4 nitrogen and oxygen atoms in total. The Kier molecular flexibility index (Phi) is 4.93. The number of carbonyl (C=O) groups is 1. The molecule has 0 aromatic heterocycles. The highest BCUT2D eigenvalue weighted by Gasteiger charge is 2.23. The minimum Gasteiger partial charge on any atom is -0.355 e. The van der Waals surface area contributed by atoms with Crippen LogP contribution in [-0.4, -0.2) is 18.5 Å². The van der Waals surface area contributed by atoms with Crippen LogP contribution < -0.4 is 10.6 Å². The van der Waals surface area contributed by atoms with Crippen molar-refractivity contribution in [3.63, 3.8) is 0 Å². The van der Waals surface area contributed by atoms with Gasteiger partial charge in [0.2, 0.25) is 5.91 Å². The molecular weight excluding hydrogens is 238 g/mol. The molecule has 1 aliphatic heterocycles. The van der Waals surface area contributed by atoms with Gasteiger partial charge >= 0.3 is 0 Å². The average Bonchev–Trinajstić information content (AvgIpc) is 2.46. The lowest BCUT2D eigenvalue weighted by atomic mass is 9.95. The Morgan fingerprint density at radius 1 is 1.37 bits per heavy atom. The fourth-order valence-corrected chi connectivity index (χ4v) is 2.30. The van der Waals surface area contributed by atoms with Gasteiger partial charge in [0.15, 0.2) is 0 Å². The normalized spacial score (nSPS) is 17.3. The zero-order valence-corrected chi connectivity index (χ0v) is 11.0. The van der Waals surface area contributed by atoms with Crippen LogP contribution in [0.15, 0.2) is 24.3 Å². The van der Waals surface area contributed by atoms with Gasteiger partial charge in [0.05, 0.1) is 12.1 Å². The van der Waals surface area contributed by atoms with E-state index in [1.54, 1.807) is 0 Å². The summed E-state index contributed by atoms with van der Waals surface area (Å²) in [6.45, 7) is 1.41. The van der Waals surface area contributed by atoms with Gasteiger partial charge in [0.1, 0.15) is 0 Å². The van der Waals surface area contributed by atoms with Gasteiger partial charge in [-0.25, -0.2) is 0 Å². The van der Waals surface area contributed by atoms with E-state index in [4.69, 9.17) is 5.26 Å². The quantitative estimate of drug-likeness (QED) is 0.786. The van der Waals surface area contributed by atoms with Crippen molar-refractivity contribution in [2.75, 3.05) is 6.54 Å². The molecule has 0 saturated heterocycles. The minimum atomic E-state index is -0.133. The van der Waals surface area contributed by atoms with Gasteiger partial charge in [-0.15, -0.1) is 0 Å². The Bertz CT molecular complexity index is 479. The van der Waals surface area contributed by atoms with E-state index in [1.165, 1.54) is 11.1 Å². The molecule has 1 aliphatic rings. The first-order valence-corrected chi connectivity index (χ1v) is 6.76. The van der Waals surface area contributed by atoms with E-state index in [-0.39, 0.29) is 11.9 Å². The largest absolute Gasteiger partial charge is 0.355 e. The molecule has 0 spiro atoms. The molecule has 4 heteroatoms. The fraction of sp³-hybridized carbons (Fsp3) is 0.467. The van der Waals surface area contributed by atoms with Crippen LogP contribution in [0.25, 0.3) is 0 Å². The van der Waals surface area contributed by atoms with Crippen molar-refractivity contribution in [1.29, 1.82) is 5.26 Å². The number of nitriles is 1. The van der Waals surface area contributed by atoms with Crippen LogP contribution in [0, 0.1) is 11.3 Å². The Morgan fingerprint density at radius 2 is 2.16 bits per heavy atom. The summed E-state index contributed by atoms with van der Waals surface area (Å²) in [6, 6.07) is 10.2. The number of benzene rings is 1. The zero-order valence-electron chi connectivity index (χ0n) is 11.0. The number of nitrogens with zero attached hydrogens (tertiary/aromatic N) is 1. The molecular formula is C15H19N3O. The van der Waals surface area contributed by atoms with E-state index >= 15 is 0 Å². The highest BCUT2D eigenvalue weighted by atomic mass is 16.2. The standard InChI is InChI=1S/C15H19N3O/c16-8-4-1-5-9-17-15(19)14-10-12-6-2-3-7-13(12)11-18-14/h2-3,6-7,14,18H,1,4-5,9-11H2,(H,17,19)/t14-/m1/s1. The molecule has 2 N–H and O–H groups in total. The Labute approximate surface area is 113 Å². The summed E-state index contributed by atoms with van der Waals surface area (Å²) in [5.74, 6) is 0.0615. The predicted molar refractivity (Wildman–Crippen MR) is 73.2 cm³/mol. The van der Waals surface area contributed by atoms with Gasteiger partial charge in [-0.3, -0.25) is 4.79 Å². The van der Waals surface area contributed by atoms with Crippen molar-refractivity contribution < 1.29 is 4.79 Å². The molecule has 1 aromatic carbocycles. The lowest BCUT2D eigenvalue weighted by molar-refractivity contribution is -0.123. The first kappa shape index (κ1) is 13.6. The summed E-state index contributed by atoms with van der Waals surface area (Å²) < 4.78 is 0. The van der Waals surface area contributed by atoms with Crippen molar-refractivity contribution in [1.82, 2.24) is 10.6 Å². The SMILES string of the molecule is N#CCCCCNC(=O)[C@H]1Cc2ccccc2CN1. The predicted octanol–water partition coefficient (Wildman–Crippen LogP) is 1.51. The second-order valence-electron chi connectivity index (χ2n) is 4.81. The Morgan fingerprint density at radius 3 is 2.95 bits per heavy atom. The third-order valence-electron chi connectivity index (χ3n) is 3.41. The maximum atomic E-state index is 12.0. The molecule has 0 saturated carbocycles. The smallest absolute Gasteiger partial charge is 0.237 e. The summed E-state index contributed by atoms with van der Waals surface area (Å²) in [4.78, 5) is 12.0. The molecule has 2 rings (SSSR count). The van der Waals surface area contributed by atoms with E-state index in [2.05, 4.69) is 28.8 Å². The molecule has 1 aromatic rings. The topological polar surface area (TPSA) is 64.9 Å². The first-order chi connectivity index (χ1) is 9.31. The molecule has 0 radical (unpaired) electrons. The van der Waals surface area contributed by atoms with Crippen LogP contribution in [0.2, 0.25) is 0 Å². The molecule has 0 unspecified atom stereocenters. The van der Waals surface area contributed by atoms with Crippen molar-refractivity contribution in [2.24, 2.45) is 0 Å². The summed E-state index contributed by atoms with van der Waals surface area (Å²) in [5.41, 5.74) is 2.53. The monoisotopic (exact) mass is 257 g/mol. The van der Waals surface area contributed by atoms with Crippen molar-refractivity contribution in [3.05, 3.63) is 35.4 Å². The highest BCUT2D eigenvalue weighted by molar-refractivity contribution is 5.82. The molecule has 19 heavy (non-hydrogen) atoms. The highest BCUT2D eigenvalue weighted by Crippen LogP contribution is 2.16. The van der Waals surface area contributed by atoms with Crippen LogP contribution in [0.5, 0.6) is 0 Å². The number of fused-ring (bicyclic) bond motifs is 1. The number of rotatable bonds is 5. The van der Waals surface area contributed by atoms with Gasteiger partial charge in [0.25, 0.3) is 0 Å². The van der Waals surface area contributed by atoms with Crippen molar-refractivity contribution >= 4 is 5.91 Å². The Balaban J connectivity index is 1.78. The molecule has 1 amide bonds. The molecule has 1 atom stereocenters. The third-order valence-corrected chi connectivity index (χ3v) is 3.41. The van der Waals surface area contributed by atoms with E-state index in [0.29, 0.717) is 13.0 Å². The Hall–Kier alpha value is -1.86. The summed E-state index contributed by atoms with van der Waals surface area (Å²) in [7, 11) is 0. The van der Waals surface area contributed by atoms with E-state index in [9.17, 15) is 4.79 Å². The number of unbranched alkanes of at least 4 members (excludes halogenated alkanes) is 2. The molecule has 0 bridgehead atoms. The molecule has 1 heterocycles. The zero-order chi connectivity index (χ0) is 13.5. The summed E-state index contributed by atoms with van der Waals surface area (Å²) in [5, 5.41) is 14.6. The van der Waals surface area contributed by atoms with Crippen molar-refractivity contribution in [3.8, 4) is 6.07 Å². The number of hydrogen-bond acceptors (Lipinski definition) is 3. The van der Waals surface area contributed by atoms with E-state index in [0.717, 1.165) is 25.8 Å². The van der Waals surface area contributed by atoms with Gasteiger partial charge in [-0.1, -0.05) is 24.3 Å². The number of hydrogen-bond donors (Lipinski definition) is 2. The van der Waals surface area contributed by atoms with Crippen LogP contribution >= 0.6 is 0 Å². The second kappa shape index (κ2) is 6.91. The van der Waals surface area contributed by atoms with Gasteiger partial charge in [0, 0.05) is 19.5 Å². The fourth-order valence-electron chi connectivity index (χ4n) is 2.30. The lowest BCUT2D eigenvalue weighted by Gasteiger charge is -2.25. The van der Waals surface area contributed by atoms with Crippen LogP contribution in [0.1, 0.15) is 30.4 Å². The van der Waals surface area contributed by atoms with E-state index < -0.39 is 0 Å². The van der Waals surface area contributed by atoms with Crippen molar-refractivity contribution in [2.45, 2.75) is 38.3 Å². The second-order valence-corrected chi connectivity index (χ2v) is 4.81. The minimum absolute atomic E-state index is 0.0615. The average molecular weight is 257 g/mol. The number of nitrogens with one attached hydrogen (secondary N) is 2.